The van der Waals surface area contributed by atoms with Gasteiger partial charge in [-0.1, -0.05) is 0 Å². The number of rotatable bonds is 0. The lowest BCUT2D eigenvalue weighted by Gasteiger charge is -2.30. The number of carbonyl (C=O) groups is 1. The fourth-order valence-electron chi connectivity index (χ4n) is 1.23. The molecule has 0 aliphatic carbocycles. The average Bonchev–Trinajstić information content (AvgIpc) is 1.85. The van der Waals surface area contributed by atoms with E-state index < -0.39 is 12.3 Å². The Labute approximate surface area is 63.8 Å². The normalized spacial score (nSPS) is 32.0. The number of nitrogens with zero attached hydrogens (tertiary/aromatic N) is 1. The second-order valence-corrected chi connectivity index (χ2v) is 2.78. The second-order valence-electron chi connectivity index (χ2n) is 2.78. The molecule has 1 amide bonds. The maximum absolute atomic E-state index is 12.7. The molecule has 1 heterocycles. The third kappa shape index (κ3) is 2.04. The number of likely N-dealkylation sites (tertiary alicyclic amines) is 1. The van der Waals surface area contributed by atoms with Crippen molar-refractivity contribution in [3.8, 4) is 0 Å². The lowest BCUT2D eigenvalue weighted by molar-refractivity contribution is 0.0991. The third-order valence-electron chi connectivity index (χ3n) is 1.70. The first kappa shape index (κ1) is 8.26. The standard InChI is InChI=1S/C6H11FN2O2/c7-4-1-5(8)3-9(2-4)6(10)11/h4-5H,1-3,8H2,(H,10,11)/t4-,5-/m0/s1. The highest BCUT2D eigenvalue weighted by molar-refractivity contribution is 5.65. The molecular formula is C6H11FN2O2. The Kier molecular flexibility index (Phi) is 2.28. The zero-order chi connectivity index (χ0) is 8.43. The van der Waals surface area contributed by atoms with Crippen molar-refractivity contribution in [1.29, 1.82) is 0 Å². The van der Waals surface area contributed by atoms with Crippen molar-refractivity contribution >= 4 is 6.09 Å². The van der Waals surface area contributed by atoms with Gasteiger partial charge in [-0.2, -0.15) is 0 Å². The molecule has 0 radical (unpaired) electrons. The van der Waals surface area contributed by atoms with Gasteiger partial charge in [-0.3, -0.25) is 0 Å². The minimum atomic E-state index is -1.10. The Bertz CT molecular complexity index is 155. The van der Waals surface area contributed by atoms with Crippen LogP contribution in [-0.4, -0.2) is 41.4 Å². The SMILES string of the molecule is N[C@H]1C[C@H](F)CN(C(=O)O)C1. The van der Waals surface area contributed by atoms with E-state index in [9.17, 15) is 9.18 Å². The number of carboxylic acid groups (broad SMARTS) is 1. The summed E-state index contributed by atoms with van der Waals surface area (Å²) in [6.45, 7) is 0.207. The fraction of sp³-hybridized carbons (Fsp3) is 0.833. The average molecular weight is 162 g/mol. The maximum Gasteiger partial charge on any atom is 0.407 e. The summed E-state index contributed by atoms with van der Waals surface area (Å²) in [7, 11) is 0. The molecule has 3 N–H and O–H groups in total. The summed E-state index contributed by atoms with van der Waals surface area (Å²) in [5.74, 6) is 0. The van der Waals surface area contributed by atoms with Gasteiger partial charge in [0.15, 0.2) is 0 Å². The van der Waals surface area contributed by atoms with Gasteiger partial charge in [0.05, 0.1) is 6.54 Å². The Morgan fingerprint density at radius 3 is 2.73 bits per heavy atom. The first-order valence-electron chi connectivity index (χ1n) is 3.47. The second kappa shape index (κ2) is 3.04. The van der Waals surface area contributed by atoms with Crippen molar-refractivity contribution in [1.82, 2.24) is 4.90 Å². The fourth-order valence-corrected chi connectivity index (χ4v) is 1.23. The number of halogens is 1. The summed E-state index contributed by atoms with van der Waals surface area (Å²) < 4.78 is 12.7. The van der Waals surface area contributed by atoms with Gasteiger partial charge in [0.25, 0.3) is 0 Å². The summed E-state index contributed by atoms with van der Waals surface area (Å²) >= 11 is 0. The summed E-state index contributed by atoms with van der Waals surface area (Å²) in [6.07, 6.45) is -1.93. The smallest absolute Gasteiger partial charge is 0.407 e. The quantitative estimate of drug-likeness (QED) is 0.528. The Morgan fingerprint density at radius 1 is 1.64 bits per heavy atom. The van der Waals surface area contributed by atoms with E-state index >= 15 is 0 Å². The van der Waals surface area contributed by atoms with Crippen molar-refractivity contribution in [2.45, 2.75) is 18.6 Å². The highest BCUT2D eigenvalue weighted by Gasteiger charge is 2.27. The molecule has 2 atom stereocenters. The lowest BCUT2D eigenvalue weighted by atomic mass is 10.1. The molecule has 0 unspecified atom stereocenters. The van der Waals surface area contributed by atoms with Crippen LogP contribution < -0.4 is 5.73 Å². The summed E-state index contributed by atoms with van der Waals surface area (Å²) in [6, 6.07) is -0.352. The minimum absolute atomic E-state index is 0.0387. The van der Waals surface area contributed by atoms with Gasteiger partial charge in [-0.15, -0.1) is 0 Å². The molecule has 0 bridgehead atoms. The van der Waals surface area contributed by atoms with Gasteiger partial charge in [-0.05, 0) is 6.42 Å². The monoisotopic (exact) mass is 162 g/mol. The number of nitrogens with two attached hydrogens (primary N) is 1. The van der Waals surface area contributed by atoms with Crippen LogP contribution in [-0.2, 0) is 0 Å². The Hall–Kier alpha value is -0.840. The summed E-state index contributed by atoms with van der Waals surface area (Å²) in [4.78, 5) is 11.4. The molecule has 1 rings (SSSR count). The molecule has 11 heavy (non-hydrogen) atoms. The van der Waals surface area contributed by atoms with Gasteiger partial charge in [0.1, 0.15) is 6.17 Å². The van der Waals surface area contributed by atoms with E-state index in [2.05, 4.69) is 0 Å². The maximum atomic E-state index is 12.7. The van der Waals surface area contributed by atoms with E-state index in [0.717, 1.165) is 4.90 Å². The molecule has 0 aromatic rings. The van der Waals surface area contributed by atoms with Crippen LogP contribution in [0.4, 0.5) is 9.18 Å². The minimum Gasteiger partial charge on any atom is -0.465 e. The third-order valence-corrected chi connectivity index (χ3v) is 1.70. The molecule has 0 saturated carbocycles. The number of piperidine rings is 1. The molecule has 1 aliphatic heterocycles. The number of hydrogen-bond donors (Lipinski definition) is 2. The van der Waals surface area contributed by atoms with Gasteiger partial charge in [-0.25, -0.2) is 9.18 Å². The molecule has 1 aliphatic rings. The van der Waals surface area contributed by atoms with Gasteiger partial charge in [0.2, 0.25) is 0 Å². The van der Waals surface area contributed by atoms with E-state index in [1.165, 1.54) is 0 Å². The molecule has 64 valence electrons. The first-order valence-corrected chi connectivity index (χ1v) is 3.47. The molecule has 4 nitrogen and oxygen atoms in total. The van der Waals surface area contributed by atoms with E-state index in [0.29, 0.717) is 0 Å². The van der Waals surface area contributed by atoms with E-state index in [1.54, 1.807) is 0 Å². The summed E-state index contributed by atoms with van der Waals surface area (Å²) in [5, 5.41) is 8.48. The van der Waals surface area contributed by atoms with Crippen LogP contribution >= 0.6 is 0 Å². The predicted octanol–water partition coefficient (Wildman–Crippen LogP) is 0.0355. The first-order chi connectivity index (χ1) is 5.09. The number of hydrogen-bond acceptors (Lipinski definition) is 2. The van der Waals surface area contributed by atoms with Crippen LogP contribution in [0.15, 0.2) is 0 Å². The van der Waals surface area contributed by atoms with Crippen LogP contribution in [0.3, 0.4) is 0 Å². The molecule has 0 spiro atoms. The number of amides is 1. The topological polar surface area (TPSA) is 66.6 Å². The highest BCUT2D eigenvalue weighted by Crippen LogP contribution is 2.11. The van der Waals surface area contributed by atoms with Crippen molar-refractivity contribution < 1.29 is 14.3 Å². The van der Waals surface area contributed by atoms with E-state index in [4.69, 9.17) is 10.8 Å². The van der Waals surface area contributed by atoms with Crippen molar-refractivity contribution in [2.24, 2.45) is 5.73 Å². The summed E-state index contributed by atoms with van der Waals surface area (Å²) in [5.41, 5.74) is 5.41. The van der Waals surface area contributed by atoms with Crippen LogP contribution in [0.2, 0.25) is 0 Å². The van der Waals surface area contributed by atoms with E-state index in [-0.39, 0.29) is 25.6 Å². The van der Waals surface area contributed by atoms with Crippen LogP contribution in [0.1, 0.15) is 6.42 Å². The van der Waals surface area contributed by atoms with Crippen LogP contribution in [0.25, 0.3) is 0 Å². The number of alkyl halides is 1. The van der Waals surface area contributed by atoms with Gasteiger partial charge < -0.3 is 15.7 Å². The zero-order valence-electron chi connectivity index (χ0n) is 6.03. The molecule has 0 aromatic carbocycles. The molecule has 0 aromatic heterocycles. The van der Waals surface area contributed by atoms with E-state index in [1.807, 2.05) is 0 Å². The van der Waals surface area contributed by atoms with Crippen LogP contribution in [0.5, 0.6) is 0 Å². The van der Waals surface area contributed by atoms with Gasteiger partial charge in [0, 0.05) is 12.6 Å². The van der Waals surface area contributed by atoms with Gasteiger partial charge >= 0.3 is 6.09 Å². The van der Waals surface area contributed by atoms with Crippen molar-refractivity contribution in [2.75, 3.05) is 13.1 Å². The Morgan fingerprint density at radius 2 is 2.27 bits per heavy atom. The largest absolute Gasteiger partial charge is 0.465 e. The molecule has 1 fully saturated rings. The van der Waals surface area contributed by atoms with Crippen molar-refractivity contribution in [3.63, 3.8) is 0 Å². The molecular weight excluding hydrogens is 151 g/mol. The zero-order valence-corrected chi connectivity index (χ0v) is 6.03. The Balaban J connectivity index is 2.49. The molecule has 5 heteroatoms. The molecule has 1 saturated heterocycles. The lowest BCUT2D eigenvalue weighted by Crippen LogP contribution is -2.49. The van der Waals surface area contributed by atoms with Crippen LogP contribution in [0, 0.1) is 0 Å². The highest BCUT2D eigenvalue weighted by atomic mass is 19.1. The predicted molar refractivity (Wildman–Crippen MR) is 37.1 cm³/mol. The van der Waals surface area contributed by atoms with Crippen molar-refractivity contribution in [3.05, 3.63) is 0 Å².